The summed E-state index contributed by atoms with van der Waals surface area (Å²) < 4.78 is 17.1. The molecule has 0 bridgehead atoms. The van der Waals surface area contributed by atoms with Crippen molar-refractivity contribution in [1.29, 1.82) is 0 Å². The predicted octanol–water partition coefficient (Wildman–Crippen LogP) is 2.09. The van der Waals surface area contributed by atoms with Crippen molar-refractivity contribution >= 4 is 40.2 Å². The highest BCUT2D eigenvalue weighted by Crippen LogP contribution is 2.31. The zero-order valence-electron chi connectivity index (χ0n) is 17.2. The minimum atomic E-state index is -0.639. The number of aliphatic hydroxyl groups excluding tert-OH is 1. The second kappa shape index (κ2) is 8.55. The van der Waals surface area contributed by atoms with E-state index in [0.29, 0.717) is 35.2 Å². The van der Waals surface area contributed by atoms with E-state index in [9.17, 15) is 9.90 Å². The molecule has 3 aromatic rings. The average Bonchev–Trinajstić information content (AvgIpc) is 3.44. The molecule has 0 radical (unpaired) electrons. The Morgan fingerprint density at radius 2 is 2.03 bits per heavy atom. The maximum absolute atomic E-state index is 11.1. The average molecular weight is 460 g/mol. The first-order chi connectivity index (χ1) is 15.5. The van der Waals surface area contributed by atoms with Crippen molar-refractivity contribution in [2.75, 3.05) is 23.8 Å². The number of aromatic nitrogens is 3. The number of carbonyl (C=O) groups excluding carboxylic acids is 1. The van der Waals surface area contributed by atoms with E-state index < -0.39 is 6.10 Å². The van der Waals surface area contributed by atoms with Crippen LogP contribution in [-0.4, -0.2) is 63.6 Å². The number of fused-ring (bicyclic) bond motifs is 2. The number of ether oxygens (including phenoxy) is 3. The van der Waals surface area contributed by atoms with Crippen molar-refractivity contribution in [3.05, 3.63) is 40.9 Å². The van der Waals surface area contributed by atoms with Crippen LogP contribution in [0, 0.1) is 0 Å². The van der Waals surface area contributed by atoms with Crippen molar-refractivity contribution in [3.8, 4) is 6.01 Å². The smallest absolute Gasteiger partial charge is 0.296 e. The molecule has 4 atom stereocenters. The van der Waals surface area contributed by atoms with E-state index in [-0.39, 0.29) is 36.8 Å². The van der Waals surface area contributed by atoms with Crippen molar-refractivity contribution in [2.24, 2.45) is 0 Å². The molecule has 2 aliphatic rings. The number of nitrogens with one attached hydrogen (secondary N) is 3. The van der Waals surface area contributed by atoms with Crippen LogP contribution in [0.1, 0.15) is 12.5 Å². The third-order valence-corrected chi connectivity index (χ3v) is 5.67. The van der Waals surface area contributed by atoms with Gasteiger partial charge in [-0.15, -0.1) is 0 Å². The van der Waals surface area contributed by atoms with E-state index in [0.717, 1.165) is 11.3 Å². The first-order valence-corrected chi connectivity index (χ1v) is 10.6. The molecule has 2 aromatic heterocycles. The van der Waals surface area contributed by atoms with Gasteiger partial charge in [-0.25, -0.2) is 4.98 Å². The van der Waals surface area contributed by atoms with E-state index in [1.807, 2.05) is 24.3 Å². The summed E-state index contributed by atoms with van der Waals surface area (Å²) in [4.78, 5) is 23.1. The van der Waals surface area contributed by atoms with Gasteiger partial charge in [-0.05, 0) is 23.8 Å². The number of H-pyrrole nitrogens is 1. The number of imidazole rings is 1. The molecule has 32 heavy (non-hydrogen) atoms. The summed E-state index contributed by atoms with van der Waals surface area (Å²) >= 11 is 6.39. The molecule has 2 fully saturated rings. The van der Waals surface area contributed by atoms with Crippen LogP contribution in [0.2, 0.25) is 5.02 Å². The van der Waals surface area contributed by atoms with Crippen LogP contribution in [0.25, 0.3) is 11.2 Å². The van der Waals surface area contributed by atoms with E-state index >= 15 is 0 Å². The third kappa shape index (κ3) is 4.22. The topological polar surface area (TPSA) is 131 Å². The van der Waals surface area contributed by atoms with E-state index in [1.54, 1.807) is 6.07 Å². The van der Waals surface area contributed by atoms with Crippen molar-refractivity contribution in [2.45, 2.75) is 37.9 Å². The van der Waals surface area contributed by atoms with Gasteiger partial charge < -0.3 is 34.9 Å². The van der Waals surface area contributed by atoms with E-state index in [1.165, 1.54) is 6.92 Å². The van der Waals surface area contributed by atoms with Gasteiger partial charge in [0.15, 0.2) is 11.8 Å². The summed E-state index contributed by atoms with van der Waals surface area (Å²) in [6.45, 7) is 2.51. The van der Waals surface area contributed by atoms with Gasteiger partial charge in [-0.3, -0.25) is 4.79 Å². The van der Waals surface area contributed by atoms with Gasteiger partial charge in [0.05, 0.1) is 23.8 Å². The lowest BCUT2D eigenvalue weighted by molar-refractivity contribution is -0.114. The molecular weight excluding hydrogens is 438 g/mol. The summed E-state index contributed by atoms with van der Waals surface area (Å²) in [5, 5.41) is 16.2. The number of hydrogen-bond donors (Lipinski definition) is 4. The Labute approximate surface area is 188 Å². The number of carbonyl (C=O) groups is 1. The Bertz CT molecular complexity index is 1140. The summed E-state index contributed by atoms with van der Waals surface area (Å²) in [5.41, 5.74) is 2.82. The third-order valence-electron chi connectivity index (χ3n) is 5.38. The number of aromatic amines is 1. The highest BCUT2D eigenvalue weighted by atomic mass is 35.5. The lowest BCUT2D eigenvalue weighted by Gasteiger charge is -2.15. The lowest BCUT2D eigenvalue weighted by Crippen LogP contribution is -2.34. The van der Waals surface area contributed by atoms with Crippen LogP contribution >= 0.6 is 11.6 Å². The number of rotatable bonds is 6. The van der Waals surface area contributed by atoms with Crippen molar-refractivity contribution < 1.29 is 24.1 Å². The van der Waals surface area contributed by atoms with Gasteiger partial charge in [0.25, 0.3) is 6.01 Å². The molecule has 2 saturated heterocycles. The molecule has 0 aliphatic carbocycles. The monoisotopic (exact) mass is 459 g/mol. The fraction of sp³-hybridized carbons (Fsp3) is 0.381. The van der Waals surface area contributed by atoms with Crippen molar-refractivity contribution in [1.82, 2.24) is 15.0 Å². The van der Waals surface area contributed by atoms with Gasteiger partial charge in [0.1, 0.15) is 24.1 Å². The number of nitrogens with zero attached hydrogens (tertiary/aromatic N) is 2. The van der Waals surface area contributed by atoms with Crippen LogP contribution in [0.15, 0.2) is 30.3 Å². The number of halogens is 1. The van der Waals surface area contributed by atoms with Gasteiger partial charge in [0.2, 0.25) is 5.91 Å². The quantitative estimate of drug-likeness (QED) is 0.440. The Balaban J connectivity index is 1.26. The number of hydrogen-bond acceptors (Lipinski definition) is 8. The molecular formula is C21H22ClN5O5. The predicted molar refractivity (Wildman–Crippen MR) is 117 cm³/mol. The van der Waals surface area contributed by atoms with Gasteiger partial charge >= 0.3 is 0 Å². The Morgan fingerprint density at radius 1 is 1.25 bits per heavy atom. The molecule has 5 rings (SSSR count). The molecule has 1 aromatic carbocycles. The number of benzene rings is 1. The molecule has 2 aliphatic heterocycles. The zero-order valence-corrected chi connectivity index (χ0v) is 17.9. The number of aliphatic hydroxyl groups is 1. The highest BCUT2D eigenvalue weighted by molar-refractivity contribution is 6.33. The van der Waals surface area contributed by atoms with E-state index in [2.05, 4.69) is 25.6 Å². The molecule has 11 heteroatoms. The van der Waals surface area contributed by atoms with E-state index in [4.69, 9.17) is 25.8 Å². The number of anilines is 2. The summed E-state index contributed by atoms with van der Waals surface area (Å²) in [7, 11) is 0. The maximum Gasteiger partial charge on any atom is 0.296 e. The Kier molecular flexibility index (Phi) is 5.60. The largest absolute Gasteiger partial charge is 0.456 e. The van der Waals surface area contributed by atoms with Crippen molar-refractivity contribution in [3.63, 3.8) is 0 Å². The Morgan fingerprint density at radius 3 is 2.81 bits per heavy atom. The molecule has 4 N–H and O–H groups in total. The standard InChI is InChI=1S/C21H22ClN5O5/c1-10(28)24-12-4-2-11(3-5-12)7-23-19-13(22)6-14-20(26-19)27-21(25-14)32-16-9-31-17-15(29)8-30-18(16)17/h2-6,15-18,29H,7-9H2,1H3,(H,24,28)(H2,23,25,26,27)/t15-,16-,17-,18-/m1/s1. The van der Waals surface area contributed by atoms with Crippen LogP contribution in [0.5, 0.6) is 6.01 Å². The summed E-state index contributed by atoms with van der Waals surface area (Å²) in [6, 6.07) is 9.49. The van der Waals surface area contributed by atoms with Crippen LogP contribution in [-0.2, 0) is 20.8 Å². The second-order valence-corrected chi connectivity index (χ2v) is 8.19. The molecule has 0 saturated carbocycles. The van der Waals surface area contributed by atoms with Crippen LogP contribution in [0.4, 0.5) is 11.5 Å². The summed E-state index contributed by atoms with van der Waals surface area (Å²) in [5.74, 6) is 0.380. The zero-order chi connectivity index (χ0) is 22.2. The fourth-order valence-electron chi connectivity index (χ4n) is 3.86. The van der Waals surface area contributed by atoms with Gasteiger partial charge in [-0.2, -0.15) is 4.98 Å². The first kappa shape index (κ1) is 21.0. The highest BCUT2D eigenvalue weighted by Gasteiger charge is 2.48. The normalized spacial score (nSPS) is 24.5. The first-order valence-electron chi connectivity index (χ1n) is 10.2. The number of pyridine rings is 1. The maximum atomic E-state index is 11.1. The molecule has 168 valence electrons. The SMILES string of the molecule is CC(=O)Nc1ccc(CNc2nc3nc(O[C@@H]4CO[C@H]5[C@@H]4OC[C@H]5O)[nH]c3cc2Cl)cc1. The molecule has 0 spiro atoms. The minimum absolute atomic E-state index is 0.115. The molecule has 4 heterocycles. The number of amides is 1. The summed E-state index contributed by atoms with van der Waals surface area (Å²) in [6.07, 6.45) is -1.71. The lowest BCUT2D eigenvalue weighted by atomic mass is 10.1. The minimum Gasteiger partial charge on any atom is -0.456 e. The van der Waals surface area contributed by atoms with Crippen LogP contribution < -0.4 is 15.4 Å². The fourth-order valence-corrected chi connectivity index (χ4v) is 4.08. The molecule has 0 unspecified atom stereocenters. The molecule has 10 nitrogen and oxygen atoms in total. The van der Waals surface area contributed by atoms with Gasteiger partial charge in [0, 0.05) is 19.2 Å². The van der Waals surface area contributed by atoms with Gasteiger partial charge in [-0.1, -0.05) is 23.7 Å². The molecule has 1 amide bonds. The Hall–Kier alpha value is -2.92. The van der Waals surface area contributed by atoms with Crippen LogP contribution in [0.3, 0.4) is 0 Å². The second-order valence-electron chi connectivity index (χ2n) is 7.78.